The van der Waals surface area contributed by atoms with Gasteiger partial charge in [-0.25, -0.2) is 0 Å². The smallest absolute Gasteiger partial charge is 0.304 e. The summed E-state index contributed by atoms with van der Waals surface area (Å²) < 4.78 is 0. The molecule has 0 radical (unpaired) electrons. The van der Waals surface area contributed by atoms with Crippen molar-refractivity contribution in [2.24, 2.45) is 0 Å². The number of nitrogens with one attached hydrogen (secondary N) is 1. The Kier molecular flexibility index (Phi) is 4.65. The molecule has 0 aromatic heterocycles. The highest BCUT2D eigenvalue weighted by molar-refractivity contribution is 8.14. The van der Waals surface area contributed by atoms with Crippen molar-refractivity contribution < 1.29 is 19.5 Å². The summed E-state index contributed by atoms with van der Waals surface area (Å²) in [5, 5.41) is 11.1. The number of carboxylic acids is 1. The summed E-state index contributed by atoms with van der Waals surface area (Å²) in [5.74, 6) is -0.336. The first-order valence-electron chi connectivity index (χ1n) is 6.22. The fourth-order valence-electron chi connectivity index (χ4n) is 2.18. The Bertz CT molecular complexity index is 382. The lowest BCUT2D eigenvalue weighted by molar-refractivity contribution is -0.138. The normalized spacial score (nSPS) is 24.3. The van der Waals surface area contributed by atoms with E-state index in [1.165, 1.54) is 0 Å². The van der Waals surface area contributed by atoms with Crippen LogP contribution in [0.4, 0.5) is 4.79 Å². The monoisotopic (exact) mass is 287 g/mol. The predicted octanol–water partition coefficient (Wildman–Crippen LogP) is -0.570. The second-order valence-corrected chi connectivity index (χ2v) is 5.60. The maximum Gasteiger partial charge on any atom is 0.304 e. The molecule has 0 spiro atoms. The summed E-state index contributed by atoms with van der Waals surface area (Å²) in [5.41, 5.74) is 0. The minimum Gasteiger partial charge on any atom is -0.481 e. The minimum atomic E-state index is -0.802. The molecule has 19 heavy (non-hydrogen) atoms. The molecule has 2 aliphatic heterocycles. The number of amides is 2. The van der Waals surface area contributed by atoms with Gasteiger partial charge in [0.05, 0.1) is 6.42 Å². The predicted molar refractivity (Wildman–Crippen MR) is 70.1 cm³/mol. The van der Waals surface area contributed by atoms with Crippen molar-refractivity contribution in [1.82, 2.24) is 15.1 Å². The van der Waals surface area contributed by atoms with Gasteiger partial charge in [0, 0.05) is 38.5 Å². The van der Waals surface area contributed by atoms with Crippen molar-refractivity contribution in [3.05, 3.63) is 0 Å². The third kappa shape index (κ3) is 3.84. The fraction of sp³-hybridized carbons (Fsp3) is 0.727. The summed E-state index contributed by atoms with van der Waals surface area (Å²) in [4.78, 5) is 37.4. The van der Waals surface area contributed by atoms with E-state index in [-0.39, 0.29) is 17.6 Å². The van der Waals surface area contributed by atoms with E-state index in [4.69, 9.17) is 5.11 Å². The highest BCUT2D eigenvalue weighted by Gasteiger charge is 2.32. The first kappa shape index (κ1) is 14.1. The van der Waals surface area contributed by atoms with Crippen molar-refractivity contribution in [2.45, 2.75) is 12.5 Å². The highest BCUT2D eigenvalue weighted by atomic mass is 32.2. The molecular formula is C11H17N3O4S. The standard InChI is InChI=1S/C11H17N3O4S/c15-9(16)1-2-13-3-5-14(6-4-13)10(17)8-7-19-11(18)12-8/h8H,1-7H2,(H,12,18)(H,15,16). The molecule has 1 atom stereocenters. The fourth-order valence-corrected chi connectivity index (χ4v) is 2.95. The van der Waals surface area contributed by atoms with Crippen LogP contribution in [0.3, 0.4) is 0 Å². The topological polar surface area (TPSA) is 90.0 Å². The molecule has 2 aliphatic rings. The molecule has 0 bridgehead atoms. The second kappa shape index (κ2) is 6.25. The van der Waals surface area contributed by atoms with Gasteiger partial charge in [0.1, 0.15) is 6.04 Å². The molecule has 0 aromatic rings. The SMILES string of the molecule is O=C(O)CCN1CCN(C(=O)C2CSC(=O)N2)CC1. The molecule has 2 heterocycles. The van der Waals surface area contributed by atoms with Crippen LogP contribution in [0.25, 0.3) is 0 Å². The van der Waals surface area contributed by atoms with Crippen LogP contribution in [0.5, 0.6) is 0 Å². The van der Waals surface area contributed by atoms with E-state index in [2.05, 4.69) is 5.32 Å². The first-order chi connectivity index (χ1) is 9.06. The van der Waals surface area contributed by atoms with E-state index < -0.39 is 12.0 Å². The number of thioether (sulfide) groups is 1. The van der Waals surface area contributed by atoms with Gasteiger partial charge in [0.25, 0.3) is 5.24 Å². The van der Waals surface area contributed by atoms with Crippen LogP contribution in [0, 0.1) is 0 Å². The van der Waals surface area contributed by atoms with Crippen molar-refractivity contribution in [2.75, 3.05) is 38.5 Å². The number of carbonyl (C=O) groups is 3. The molecule has 2 rings (SSSR count). The number of hydrogen-bond acceptors (Lipinski definition) is 5. The van der Waals surface area contributed by atoms with Crippen molar-refractivity contribution in [1.29, 1.82) is 0 Å². The molecule has 0 saturated carbocycles. The van der Waals surface area contributed by atoms with E-state index >= 15 is 0 Å². The molecule has 0 aromatic carbocycles. The third-order valence-electron chi connectivity index (χ3n) is 3.30. The molecular weight excluding hydrogens is 270 g/mol. The van der Waals surface area contributed by atoms with E-state index in [0.29, 0.717) is 38.5 Å². The van der Waals surface area contributed by atoms with Crippen LogP contribution in [0.15, 0.2) is 0 Å². The molecule has 2 amide bonds. The van der Waals surface area contributed by atoms with Gasteiger partial charge in [0.15, 0.2) is 0 Å². The van der Waals surface area contributed by atoms with Gasteiger partial charge in [-0.2, -0.15) is 0 Å². The number of nitrogens with zero attached hydrogens (tertiary/aromatic N) is 2. The Morgan fingerprint density at radius 1 is 1.32 bits per heavy atom. The largest absolute Gasteiger partial charge is 0.481 e. The molecule has 2 fully saturated rings. The second-order valence-electron chi connectivity index (χ2n) is 4.61. The number of carbonyl (C=O) groups excluding carboxylic acids is 2. The summed E-state index contributed by atoms with van der Waals surface area (Å²) in [6, 6.07) is -0.400. The Balaban J connectivity index is 1.75. The van der Waals surface area contributed by atoms with Gasteiger partial charge in [-0.1, -0.05) is 11.8 Å². The Hall–Kier alpha value is -1.28. The van der Waals surface area contributed by atoms with Crippen molar-refractivity contribution in [3.8, 4) is 0 Å². The van der Waals surface area contributed by atoms with Gasteiger partial charge in [-0.15, -0.1) is 0 Å². The Morgan fingerprint density at radius 3 is 2.53 bits per heavy atom. The minimum absolute atomic E-state index is 0.0313. The van der Waals surface area contributed by atoms with Crippen molar-refractivity contribution in [3.63, 3.8) is 0 Å². The Labute approximate surface area is 115 Å². The van der Waals surface area contributed by atoms with Gasteiger partial charge in [0.2, 0.25) is 5.91 Å². The number of piperazine rings is 1. The summed E-state index contributed by atoms with van der Waals surface area (Å²) >= 11 is 1.14. The van der Waals surface area contributed by atoms with Gasteiger partial charge in [-0.3, -0.25) is 19.3 Å². The van der Waals surface area contributed by atoms with Gasteiger partial charge >= 0.3 is 5.97 Å². The van der Waals surface area contributed by atoms with Crippen molar-refractivity contribution >= 4 is 28.9 Å². The van der Waals surface area contributed by atoms with E-state index in [1.807, 2.05) is 4.90 Å². The number of aliphatic carboxylic acids is 1. The molecule has 2 N–H and O–H groups in total. The molecule has 0 aliphatic carbocycles. The summed E-state index contributed by atoms with van der Waals surface area (Å²) in [6.45, 7) is 3.08. The van der Waals surface area contributed by atoms with Crippen LogP contribution in [0.2, 0.25) is 0 Å². The average molecular weight is 287 g/mol. The van der Waals surface area contributed by atoms with Crippen LogP contribution in [0.1, 0.15) is 6.42 Å². The zero-order valence-corrected chi connectivity index (χ0v) is 11.3. The molecule has 2 saturated heterocycles. The first-order valence-corrected chi connectivity index (χ1v) is 7.21. The molecule has 106 valence electrons. The Morgan fingerprint density at radius 2 is 2.00 bits per heavy atom. The molecule has 7 nitrogen and oxygen atoms in total. The number of carboxylic acid groups (broad SMARTS) is 1. The van der Waals surface area contributed by atoms with Crippen LogP contribution in [-0.2, 0) is 9.59 Å². The lowest BCUT2D eigenvalue weighted by Crippen LogP contribution is -2.54. The zero-order chi connectivity index (χ0) is 13.8. The number of hydrogen-bond donors (Lipinski definition) is 2. The van der Waals surface area contributed by atoms with Gasteiger partial charge < -0.3 is 15.3 Å². The average Bonchev–Trinajstić information content (AvgIpc) is 2.83. The maximum atomic E-state index is 12.1. The van der Waals surface area contributed by atoms with Gasteiger partial charge in [-0.05, 0) is 0 Å². The van der Waals surface area contributed by atoms with Crippen LogP contribution >= 0.6 is 11.8 Å². The maximum absolute atomic E-state index is 12.1. The van der Waals surface area contributed by atoms with Crippen LogP contribution < -0.4 is 5.32 Å². The van der Waals surface area contributed by atoms with Crippen LogP contribution in [-0.4, -0.2) is 76.5 Å². The molecule has 8 heteroatoms. The summed E-state index contributed by atoms with van der Waals surface area (Å²) in [6.07, 6.45) is 0.128. The zero-order valence-electron chi connectivity index (χ0n) is 10.5. The quantitative estimate of drug-likeness (QED) is 0.720. The lowest BCUT2D eigenvalue weighted by atomic mass is 10.2. The lowest BCUT2D eigenvalue weighted by Gasteiger charge is -2.35. The number of rotatable bonds is 4. The van der Waals surface area contributed by atoms with E-state index in [9.17, 15) is 14.4 Å². The third-order valence-corrected chi connectivity index (χ3v) is 4.18. The van der Waals surface area contributed by atoms with E-state index in [0.717, 1.165) is 11.8 Å². The van der Waals surface area contributed by atoms with E-state index in [1.54, 1.807) is 4.90 Å². The highest BCUT2D eigenvalue weighted by Crippen LogP contribution is 2.15. The molecule has 1 unspecified atom stereocenters. The summed E-state index contributed by atoms with van der Waals surface area (Å²) in [7, 11) is 0.